The van der Waals surface area contributed by atoms with Crippen molar-refractivity contribution >= 4 is 46.4 Å². The molecule has 0 unspecified atom stereocenters. The van der Waals surface area contributed by atoms with Crippen molar-refractivity contribution in [2.75, 3.05) is 13.6 Å². The van der Waals surface area contributed by atoms with Crippen molar-refractivity contribution in [3.63, 3.8) is 0 Å². The number of unbranched alkanes of at least 4 members (excludes halogenated alkanes) is 4. The summed E-state index contributed by atoms with van der Waals surface area (Å²) in [4.78, 5) is 88.4. The summed E-state index contributed by atoms with van der Waals surface area (Å²) in [6.07, 6.45) is 3.80. The normalized spacial score (nSPS) is 16.5. The predicted octanol–water partition coefficient (Wildman–Crippen LogP) is 4.13. The molecule has 2 aliphatic heterocycles. The van der Waals surface area contributed by atoms with E-state index in [9.17, 15) is 33.9 Å². The number of hydrogen-bond acceptors (Lipinski definition) is 10. The molecule has 288 valence electrons. The van der Waals surface area contributed by atoms with Gasteiger partial charge < -0.3 is 35.1 Å². The molecule has 3 aromatic rings. The first-order valence-corrected chi connectivity index (χ1v) is 18.5. The van der Waals surface area contributed by atoms with Crippen LogP contribution in [-0.4, -0.2) is 74.7 Å². The van der Waals surface area contributed by atoms with Gasteiger partial charge in [0, 0.05) is 42.6 Å². The summed E-state index contributed by atoms with van der Waals surface area (Å²) < 4.78 is 13.0. The Morgan fingerprint density at radius 3 is 2.54 bits per heavy atom. The number of amides is 4. The number of hydrogen-bond donors (Lipinski definition) is 3. The topological polar surface area (TPSA) is 213 Å². The first-order valence-electron chi connectivity index (χ1n) is 18.5. The number of aryl methyl sites for hydroxylation is 1. The fraction of sp³-hybridized carbons (Fsp3) is 0.487. The zero-order valence-corrected chi connectivity index (χ0v) is 31.5. The highest BCUT2D eigenvalue weighted by molar-refractivity contribution is 6.43. The van der Waals surface area contributed by atoms with E-state index in [2.05, 4.69) is 17.2 Å². The molecule has 54 heavy (non-hydrogen) atoms. The Kier molecular flexibility index (Phi) is 12.2. The molecular weight excluding hydrogens is 696 g/mol. The summed E-state index contributed by atoms with van der Waals surface area (Å²) in [5.41, 5.74) is 6.46. The molecule has 2 atom stereocenters. The zero-order chi connectivity index (χ0) is 39.3. The first-order chi connectivity index (χ1) is 25.7. The largest absolute Gasteiger partial charge is 0.508 e. The fourth-order valence-corrected chi connectivity index (χ4v) is 7.20. The quantitative estimate of drug-likeness (QED) is 0.0899. The van der Waals surface area contributed by atoms with Crippen LogP contribution >= 0.6 is 0 Å². The number of esters is 1. The molecule has 0 saturated carbocycles. The van der Waals surface area contributed by atoms with Crippen LogP contribution in [0.2, 0.25) is 0 Å². The minimum Gasteiger partial charge on any atom is -0.508 e. The summed E-state index contributed by atoms with van der Waals surface area (Å²) in [5, 5.41) is 13.6. The number of cyclic esters (lactones) is 1. The Bertz CT molecular complexity index is 2090. The van der Waals surface area contributed by atoms with Crippen molar-refractivity contribution in [1.82, 2.24) is 19.8 Å². The number of likely N-dealkylation sites (N-methyl/N-ethyl adjacent to an activating group) is 1. The second kappa shape index (κ2) is 16.6. The van der Waals surface area contributed by atoms with Crippen molar-refractivity contribution in [2.24, 2.45) is 10.7 Å². The number of pyridine rings is 2. The van der Waals surface area contributed by atoms with Crippen LogP contribution in [0.1, 0.15) is 101 Å². The molecule has 0 radical (unpaired) electrons. The third kappa shape index (κ3) is 7.99. The van der Waals surface area contributed by atoms with E-state index < -0.39 is 53.4 Å². The lowest BCUT2D eigenvalue weighted by Crippen LogP contribution is -2.51. The van der Waals surface area contributed by atoms with Crippen LogP contribution in [-0.2, 0) is 53.8 Å². The van der Waals surface area contributed by atoms with Crippen molar-refractivity contribution in [3.05, 3.63) is 56.9 Å². The number of nitrogens with one attached hydrogen (secondary N) is 1. The highest BCUT2D eigenvalue weighted by atomic mass is 16.6. The van der Waals surface area contributed by atoms with Gasteiger partial charge in [0.25, 0.3) is 11.5 Å². The Morgan fingerprint density at radius 1 is 1.11 bits per heavy atom. The van der Waals surface area contributed by atoms with E-state index in [-0.39, 0.29) is 55.1 Å². The number of rotatable bonds is 15. The number of carbonyl (C=O) groups is 5. The number of phenolic OH excluding ortho intramolecular Hbond substituents is 1. The number of aromatic nitrogens is 2. The number of aliphatic imine (C=N–C) groups is 1. The summed E-state index contributed by atoms with van der Waals surface area (Å²) in [7, 11) is 1.41. The van der Waals surface area contributed by atoms with Gasteiger partial charge in [-0.2, -0.15) is 0 Å². The smallest absolute Gasteiger partial charge is 0.411 e. The average molecular weight is 745 g/mol. The third-order valence-electron chi connectivity index (χ3n) is 9.97. The number of nitrogens with zero attached hydrogens (tertiary/aromatic N) is 4. The van der Waals surface area contributed by atoms with Crippen LogP contribution in [0, 0.1) is 0 Å². The van der Waals surface area contributed by atoms with Crippen molar-refractivity contribution < 1.29 is 38.6 Å². The Balaban J connectivity index is 1.36. The van der Waals surface area contributed by atoms with Gasteiger partial charge in [-0.15, -0.1) is 0 Å². The summed E-state index contributed by atoms with van der Waals surface area (Å²) in [6.45, 7) is 7.14. The van der Waals surface area contributed by atoms with E-state index in [4.69, 9.17) is 20.2 Å². The minimum atomic E-state index is -1.96. The fourth-order valence-electron chi connectivity index (χ4n) is 7.20. The highest BCUT2D eigenvalue weighted by Gasteiger charge is 2.51. The van der Waals surface area contributed by atoms with E-state index >= 15 is 0 Å². The minimum absolute atomic E-state index is 0.0509. The molecule has 15 nitrogen and oxygen atoms in total. The molecule has 2 aromatic heterocycles. The molecule has 0 fully saturated rings. The standard InChI is InChI=1S/C39H48N6O9/c1-6-9-10-11-12-13-33(48)42-30(18-32(40)47)35(49)41-22(4)19-44(5)38(52)54-39(8-3)28-17-31-34-26(20-45(31)36(50)27(28)21-53-37(39)51)24(7-2)25-16-23(46)14-15-29(25)43-34/h14-17,22,46H,6-13,18-21H2,1-5H3,(H2,40,47)(H,41,49)/b42-30+/t22-,39+/m1/s1. The molecular formula is C39H48N6O9. The molecule has 0 aliphatic carbocycles. The monoisotopic (exact) mass is 744 g/mol. The number of carbonyl (C=O) groups excluding carboxylic acids is 5. The number of phenols is 1. The second-order valence-corrected chi connectivity index (χ2v) is 13.9. The van der Waals surface area contributed by atoms with Crippen molar-refractivity contribution in [3.8, 4) is 17.1 Å². The summed E-state index contributed by atoms with van der Waals surface area (Å²) >= 11 is 0. The summed E-state index contributed by atoms with van der Waals surface area (Å²) in [5.74, 6) is -2.87. The summed E-state index contributed by atoms with van der Waals surface area (Å²) in [6, 6.07) is 5.86. The molecule has 2 aliphatic rings. The van der Waals surface area contributed by atoms with Gasteiger partial charge in [0.1, 0.15) is 18.1 Å². The molecule has 0 saturated heterocycles. The van der Waals surface area contributed by atoms with Gasteiger partial charge in [-0.25, -0.2) is 19.6 Å². The van der Waals surface area contributed by atoms with Crippen LogP contribution in [0.15, 0.2) is 34.1 Å². The Morgan fingerprint density at radius 2 is 1.85 bits per heavy atom. The Labute approximate surface area is 312 Å². The van der Waals surface area contributed by atoms with Gasteiger partial charge in [0.05, 0.1) is 35.4 Å². The third-order valence-corrected chi connectivity index (χ3v) is 9.97. The van der Waals surface area contributed by atoms with E-state index in [0.29, 0.717) is 29.7 Å². The van der Waals surface area contributed by atoms with E-state index in [1.165, 1.54) is 7.05 Å². The number of aromatic hydroxyl groups is 1. The maximum absolute atomic E-state index is 14.0. The molecule has 1 aromatic carbocycles. The molecule has 4 N–H and O–H groups in total. The van der Waals surface area contributed by atoms with E-state index in [1.807, 2.05) is 6.92 Å². The SMILES string of the molecule is CCCCCCCC(=O)/N=C(\CC(N)=O)C(=O)N[C@H](C)CN(C)C(=O)O[C@]1(CC)C(=O)OCc2c1cc1n(c2=O)Cc2c-1nc1ccc(O)cc1c2CC. The lowest BCUT2D eigenvalue weighted by Gasteiger charge is -2.37. The van der Waals surface area contributed by atoms with Crippen LogP contribution < -0.4 is 16.6 Å². The maximum atomic E-state index is 14.0. The maximum Gasteiger partial charge on any atom is 0.411 e. The van der Waals surface area contributed by atoms with Crippen LogP contribution in [0.3, 0.4) is 0 Å². The van der Waals surface area contributed by atoms with Gasteiger partial charge in [0.15, 0.2) is 0 Å². The number of benzene rings is 1. The van der Waals surface area contributed by atoms with Gasteiger partial charge >= 0.3 is 12.1 Å². The molecule has 15 heteroatoms. The molecule has 0 spiro atoms. The number of fused-ring (bicyclic) bond motifs is 5. The lowest BCUT2D eigenvalue weighted by molar-refractivity contribution is -0.173. The molecule has 0 bridgehead atoms. The van der Waals surface area contributed by atoms with Gasteiger partial charge in [-0.05, 0) is 56.0 Å². The van der Waals surface area contributed by atoms with Crippen molar-refractivity contribution in [2.45, 2.75) is 110 Å². The second-order valence-electron chi connectivity index (χ2n) is 13.9. The van der Waals surface area contributed by atoms with Gasteiger partial charge in [-0.1, -0.05) is 46.5 Å². The lowest BCUT2D eigenvalue weighted by atomic mass is 9.85. The number of ether oxygens (including phenoxy) is 2. The molecule has 4 amide bonds. The molecule has 5 rings (SSSR count). The van der Waals surface area contributed by atoms with Crippen LogP contribution in [0.5, 0.6) is 5.75 Å². The number of nitrogens with two attached hydrogens (primary N) is 1. The highest BCUT2D eigenvalue weighted by Crippen LogP contribution is 2.42. The van der Waals surface area contributed by atoms with E-state index in [0.717, 1.165) is 47.1 Å². The van der Waals surface area contributed by atoms with E-state index in [1.54, 1.807) is 42.7 Å². The molecule has 4 heterocycles. The first kappa shape index (κ1) is 39.6. The van der Waals surface area contributed by atoms with Crippen LogP contribution in [0.25, 0.3) is 22.3 Å². The average Bonchev–Trinajstić information content (AvgIpc) is 3.49. The van der Waals surface area contributed by atoms with Gasteiger partial charge in [0.2, 0.25) is 17.4 Å². The Hall–Kier alpha value is -5.60. The van der Waals surface area contributed by atoms with Crippen molar-refractivity contribution in [1.29, 1.82) is 0 Å². The predicted molar refractivity (Wildman–Crippen MR) is 200 cm³/mol. The van der Waals surface area contributed by atoms with Crippen LogP contribution in [0.4, 0.5) is 4.79 Å². The number of primary amides is 1. The van der Waals surface area contributed by atoms with Gasteiger partial charge in [-0.3, -0.25) is 19.2 Å². The zero-order valence-electron chi connectivity index (χ0n) is 31.5.